The van der Waals surface area contributed by atoms with E-state index >= 15 is 0 Å². The summed E-state index contributed by atoms with van der Waals surface area (Å²) < 4.78 is 0. The smallest absolute Gasteiger partial charge is 0.109 e. The molecule has 17 heavy (non-hydrogen) atoms. The van der Waals surface area contributed by atoms with Crippen LogP contribution in [0.4, 0.5) is 0 Å². The van der Waals surface area contributed by atoms with Crippen LogP contribution in [0.3, 0.4) is 0 Å². The Labute approximate surface area is 102 Å². The first-order valence-electron chi connectivity index (χ1n) is 6.47. The van der Waals surface area contributed by atoms with Gasteiger partial charge in [-0.15, -0.1) is 0 Å². The van der Waals surface area contributed by atoms with E-state index in [1.54, 1.807) is 0 Å². The fourth-order valence-corrected chi connectivity index (χ4v) is 2.54. The van der Waals surface area contributed by atoms with Gasteiger partial charge in [-0.05, 0) is 12.3 Å². The van der Waals surface area contributed by atoms with Gasteiger partial charge >= 0.3 is 0 Å². The maximum Gasteiger partial charge on any atom is 0.109 e. The Bertz CT molecular complexity index is 209. The fourth-order valence-electron chi connectivity index (χ4n) is 2.54. The Balaban J connectivity index is 2.37. The molecule has 0 spiro atoms. The maximum atomic E-state index is 9.77. The summed E-state index contributed by atoms with van der Waals surface area (Å²) in [6, 6.07) is -0.547. The minimum Gasteiger partial charge on any atom is -0.394 e. The first-order valence-corrected chi connectivity index (χ1v) is 6.47. The van der Waals surface area contributed by atoms with Crippen molar-refractivity contribution in [2.45, 2.75) is 62.9 Å². The number of rotatable bonds is 6. The van der Waals surface area contributed by atoms with Crippen molar-refractivity contribution >= 4 is 0 Å². The highest BCUT2D eigenvalue weighted by atomic mass is 16.4. The Kier molecular flexibility index (Phi) is 6.37. The monoisotopic (exact) mass is 247 g/mol. The number of aliphatic hydroxyl groups excluding tert-OH is 4. The standard InChI is InChI=1S/C12H25NO4/c13-9(6-8-4-2-1-3-5-8)11(16)12(17)10(15)7-14/h8-12,14-17H,1-7,13H2/t9-,10-,11+,12+/m0/s1. The molecule has 0 bridgehead atoms. The van der Waals surface area contributed by atoms with Gasteiger partial charge in [0.1, 0.15) is 12.2 Å². The van der Waals surface area contributed by atoms with E-state index in [9.17, 15) is 15.3 Å². The molecule has 5 heteroatoms. The van der Waals surface area contributed by atoms with E-state index in [-0.39, 0.29) is 0 Å². The van der Waals surface area contributed by atoms with E-state index in [2.05, 4.69) is 0 Å². The van der Waals surface area contributed by atoms with Crippen LogP contribution in [-0.2, 0) is 0 Å². The van der Waals surface area contributed by atoms with Crippen LogP contribution < -0.4 is 5.73 Å². The third-order valence-corrected chi connectivity index (χ3v) is 3.70. The molecule has 0 saturated heterocycles. The van der Waals surface area contributed by atoms with Gasteiger partial charge in [-0.1, -0.05) is 32.1 Å². The van der Waals surface area contributed by atoms with Crippen molar-refractivity contribution in [3.8, 4) is 0 Å². The van der Waals surface area contributed by atoms with Crippen LogP contribution in [-0.4, -0.2) is 51.4 Å². The minimum atomic E-state index is -1.38. The summed E-state index contributed by atoms with van der Waals surface area (Å²) >= 11 is 0. The number of nitrogens with two attached hydrogens (primary N) is 1. The van der Waals surface area contributed by atoms with E-state index in [1.807, 2.05) is 0 Å². The number of hydrogen-bond acceptors (Lipinski definition) is 5. The molecule has 1 aliphatic rings. The first-order chi connectivity index (χ1) is 8.06. The van der Waals surface area contributed by atoms with Gasteiger partial charge in [-0.3, -0.25) is 0 Å². The van der Waals surface area contributed by atoms with Crippen LogP contribution >= 0.6 is 0 Å². The minimum absolute atomic E-state index is 0.506. The molecule has 4 atom stereocenters. The summed E-state index contributed by atoms with van der Waals surface area (Å²) in [6.45, 7) is -0.575. The summed E-state index contributed by atoms with van der Waals surface area (Å²) in [7, 11) is 0. The van der Waals surface area contributed by atoms with Crippen molar-refractivity contribution in [3.05, 3.63) is 0 Å². The third-order valence-electron chi connectivity index (χ3n) is 3.70. The lowest BCUT2D eigenvalue weighted by molar-refractivity contribution is -0.0854. The predicted molar refractivity (Wildman–Crippen MR) is 64.3 cm³/mol. The summed E-state index contributed by atoms with van der Waals surface area (Å²) in [5.41, 5.74) is 5.84. The molecule has 102 valence electrons. The van der Waals surface area contributed by atoms with Gasteiger partial charge < -0.3 is 26.2 Å². The number of aliphatic hydroxyl groups is 4. The highest BCUT2D eigenvalue weighted by Crippen LogP contribution is 2.27. The Morgan fingerprint density at radius 2 is 1.59 bits per heavy atom. The number of hydrogen-bond donors (Lipinski definition) is 5. The van der Waals surface area contributed by atoms with Crippen LogP contribution in [0.25, 0.3) is 0 Å². The van der Waals surface area contributed by atoms with Gasteiger partial charge in [0.15, 0.2) is 0 Å². The molecular weight excluding hydrogens is 222 g/mol. The van der Waals surface area contributed by atoms with Gasteiger partial charge in [-0.25, -0.2) is 0 Å². The molecule has 0 aliphatic heterocycles. The quantitative estimate of drug-likeness (QED) is 0.429. The second-order valence-electron chi connectivity index (χ2n) is 5.13. The van der Waals surface area contributed by atoms with Crippen molar-refractivity contribution in [1.29, 1.82) is 0 Å². The molecule has 0 aromatic carbocycles. The van der Waals surface area contributed by atoms with E-state index in [0.29, 0.717) is 12.3 Å². The van der Waals surface area contributed by atoms with Gasteiger partial charge in [0.05, 0.1) is 12.7 Å². The molecule has 6 N–H and O–H groups in total. The largest absolute Gasteiger partial charge is 0.394 e. The van der Waals surface area contributed by atoms with Crippen molar-refractivity contribution < 1.29 is 20.4 Å². The zero-order valence-electron chi connectivity index (χ0n) is 10.2. The summed E-state index contributed by atoms with van der Waals surface area (Å²) in [6.07, 6.45) is 2.69. The van der Waals surface area contributed by atoms with Crippen LogP contribution in [0.1, 0.15) is 38.5 Å². The Morgan fingerprint density at radius 1 is 1.00 bits per heavy atom. The molecule has 1 fully saturated rings. The summed E-state index contributed by atoms with van der Waals surface area (Å²) in [4.78, 5) is 0. The van der Waals surface area contributed by atoms with Crippen LogP contribution in [0.5, 0.6) is 0 Å². The SMILES string of the molecule is N[C@@H](CC1CCCCC1)[C@@H](O)[C@H](O)[C@@H](O)CO. The van der Waals surface area contributed by atoms with Crippen molar-refractivity contribution in [2.75, 3.05) is 6.61 Å². The molecule has 0 aromatic rings. The normalized spacial score (nSPS) is 25.2. The zero-order valence-corrected chi connectivity index (χ0v) is 10.2. The average Bonchev–Trinajstić information content (AvgIpc) is 2.37. The zero-order chi connectivity index (χ0) is 12.8. The molecule has 5 nitrogen and oxygen atoms in total. The molecule has 0 heterocycles. The Hall–Kier alpha value is -0.200. The fraction of sp³-hybridized carbons (Fsp3) is 1.00. The maximum absolute atomic E-state index is 9.77. The average molecular weight is 247 g/mol. The van der Waals surface area contributed by atoms with Gasteiger partial charge in [-0.2, -0.15) is 0 Å². The second kappa shape index (κ2) is 7.28. The summed E-state index contributed by atoms with van der Waals surface area (Å²) in [5, 5.41) is 37.2. The van der Waals surface area contributed by atoms with E-state index in [4.69, 9.17) is 10.8 Å². The molecule has 1 rings (SSSR count). The molecule has 1 aliphatic carbocycles. The Morgan fingerprint density at radius 3 is 2.12 bits per heavy atom. The topological polar surface area (TPSA) is 107 Å². The highest BCUT2D eigenvalue weighted by molar-refractivity contribution is 4.85. The molecular formula is C12H25NO4. The van der Waals surface area contributed by atoms with Gasteiger partial charge in [0, 0.05) is 6.04 Å². The van der Waals surface area contributed by atoms with Crippen molar-refractivity contribution in [3.63, 3.8) is 0 Å². The lowest BCUT2D eigenvalue weighted by Crippen LogP contribution is -2.49. The van der Waals surface area contributed by atoms with Crippen LogP contribution in [0, 0.1) is 5.92 Å². The van der Waals surface area contributed by atoms with Crippen LogP contribution in [0.15, 0.2) is 0 Å². The molecule has 0 radical (unpaired) electrons. The lowest BCUT2D eigenvalue weighted by Gasteiger charge is -2.30. The van der Waals surface area contributed by atoms with E-state index in [0.717, 1.165) is 12.8 Å². The predicted octanol–water partition coefficient (Wildman–Crippen LogP) is -0.641. The lowest BCUT2D eigenvalue weighted by atomic mass is 9.83. The van der Waals surface area contributed by atoms with Crippen LogP contribution in [0.2, 0.25) is 0 Å². The van der Waals surface area contributed by atoms with E-state index in [1.165, 1.54) is 19.3 Å². The summed E-state index contributed by atoms with van der Waals surface area (Å²) in [5.74, 6) is 0.506. The molecule has 0 unspecified atom stereocenters. The highest BCUT2D eigenvalue weighted by Gasteiger charge is 2.30. The van der Waals surface area contributed by atoms with Crippen molar-refractivity contribution in [2.24, 2.45) is 11.7 Å². The molecule has 0 aromatic heterocycles. The van der Waals surface area contributed by atoms with Crippen molar-refractivity contribution in [1.82, 2.24) is 0 Å². The van der Waals surface area contributed by atoms with E-state index < -0.39 is 31.0 Å². The van der Waals surface area contributed by atoms with Gasteiger partial charge in [0.25, 0.3) is 0 Å². The molecule has 0 amide bonds. The van der Waals surface area contributed by atoms with Gasteiger partial charge in [0.2, 0.25) is 0 Å². The first kappa shape index (κ1) is 14.9. The second-order valence-corrected chi connectivity index (χ2v) is 5.13. The molecule has 1 saturated carbocycles. The third kappa shape index (κ3) is 4.52.